The van der Waals surface area contributed by atoms with E-state index in [0.29, 0.717) is 24.6 Å². The van der Waals surface area contributed by atoms with Crippen LogP contribution in [0.2, 0.25) is 0 Å². The minimum atomic E-state index is -0.0885. The Bertz CT molecular complexity index is 399. The topological polar surface area (TPSA) is 64.3 Å². The third-order valence-electron chi connectivity index (χ3n) is 3.58. The largest absolute Gasteiger partial charge is 0.494 e. The third-order valence-corrected chi connectivity index (χ3v) is 3.58. The van der Waals surface area contributed by atoms with E-state index in [0.717, 1.165) is 18.6 Å². The Morgan fingerprint density at radius 3 is 2.30 bits per heavy atom. The van der Waals surface area contributed by atoms with Crippen molar-refractivity contribution < 1.29 is 9.53 Å². The molecule has 3 N–H and O–H groups in total. The van der Waals surface area contributed by atoms with Crippen LogP contribution in [-0.4, -0.2) is 25.1 Å². The second-order valence-electron chi connectivity index (χ2n) is 4.91. The molecule has 1 amide bonds. The van der Waals surface area contributed by atoms with Crippen LogP contribution in [-0.2, 0) is 0 Å². The molecule has 0 aromatic heterocycles. The van der Waals surface area contributed by atoms with E-state index in [-0.39, 0.29) is 11.9 Å². The lowest BCUT2D eigenvalue weighted by molar-refractivity contribution is 0.0948. The Labute approximate surface area is 121 Å². The summed E-state index contributed by atoms with van der Waals surface area (Å²) in [5, 5.41) is 2.89. The van der Waals surface area contributed by atoms with E-state index < -0.39 is 0 Å². The third kappa shape index (κ3) is 4.85. The summed E-state index contributed by atoms with van der Waals surface area (Å²) in [4.78, 5) is 12.0. The molecule has 4 nitrogen and oxygen atoms in total. The quantitative estimate of drug-likeness (QED) is 0.768. The van der Waals surface area contributed by atoms with Crippen molar-refractivity contribution in [2.24, 2.45) is 11.7 Å². The number of hydrogen-bond acceptors (Lipinski definition) is 3. The number of benzene rings is 1. The lowest BCUT2D eigenvalue weighted by Crippen LogP contribution is -2.41. The minimum Gasteiger partial charge on any atom is -0.494 e. The van der Waals surface area contributed by atoms with Gasteiger partial charge in [0.25, 0.3) is 5.91 Å². The fourth-order valence-electron chi connectivity index (χ4n) is 2.24. The van der Waals surface area contributed by atoms with E-state index in [1.165, 1.54) is 0 Å². The molecule has 0 heterocycles. The van der Waals surface area contributed by atoms with Gasteiger partial charge in [0.05, 0.1) is 6.61 Å². The van der Waals surface area contributed by atoms with Gasteiger partial charge in [-0.15, -0.1) is 0 Å². The molecule has 112 valence electrons. The molecule has 1 unspecified atom stereocenters. The first-order chi connectivity index (χ1) is 9.62. The Kier molecular flexibility index (Phi) is 7.09. The molecular formula is C16H26N2O2. The van der Waals surface area contributed by atoms with E-state index in [1.54, 1.807) is 24.3 Å². The van der Waals surface area contributed by atoms with Crippen LogP contribution in [0.1, 0.15) is 44.0 Å². The number of nitrogens with two attached hydrogens (primary N) is 1. The van der Waals surface area contributed by atoms with Crippen molar-refractivity contribution in [3.63, 3.8) is 0 Å². The fourth-order valence-corrected chi connectivity index (χ4v) is 2.24. The normalized spacial score (nSPS) is 12.2. The molecule has 20 heavy (non-hydrogen) atoms. The van der Waals surface area contributed by atoms with Crippen LogP contribution in [0.25, 0.3) is 0 Å². The summed E-state index contributed by atoms with van der Waals surface area (Å²) < 4.78 is 5.35. The molecule has 1 aromatic carbocycles. The van der Waals surface area contributed by atoms with Crippen LogP contribution in [0.3, 0.4) is 0 Å². The molecule has 4 heteroatoms. The van der Waals surface area contributed by atoms with Crippen LogP contribution in [0, 0.1) is 5.92 Å². The van der Waals surface area contributed by atoms with E-state index >= 15 is 0 Å². The zero-order valence-electron chi connectivity index (χ0n) is 12.7. The minimum absolute atomic E-state index is 0.0108. The van der Waals surface area contributed by atoms with Crippen molar-refractivity contribution in [1.29, 1.82) is 0 Å². The summed E-state index contributed by atoms with van der Waals surface area (Å²) in [6.07, 6.45) is 2.08. The van der Waals surface area contributed by atoms with Gasteiger partial charge < -0.3 is 15.8 Å². The molecule has 0 aliphatic rings. The zero-order valence-corrected chi connectivity index (χ0v) is 12.7. The van der Waals surface area contributed by atoms with Gasteiger partial charge in [-0.1, -0.05) is 26.7 Å². The number of ether oxygens (including phenoxy) is 1. The molecule has 0 saturated heterocycles. The maximum Gasteiger partial charge on any atom is 0.251 e. The van der Waals surface area contributed by atoms with Gasteiger partial charge in [0.1, 0.15) is 5.75 Å². The first-order valence-electron chi connectivity index (χ1n) is 7.38. The van der Waals surface area contributed by atoms with Crippen LogP contribution in [0.15, 0.2) is 24.3 Å². The average molecular weight is 278 g/mol. The number of carbonyl (C=O) groups excluding carboxylic acids is 1. The van der Waals surface area contributed by atoms with Gasteiger partial charge in [-0.3, -0.25) is 4.79 Å². The first kappa shape index (κ1) is 16.5. The highest BCUT2D eigenvalue weighted by atomic mass is 16.5. The van der Waals surface area contributed by atoms with Crippen molar-refractivity contribution in [3.05, 3.63) is 29.8 Å². The lowest BCUT2D eigenvalue weighted by atomic mass is 9.95. The number of nitrogens with one attached hydrogen (secondary N) is 1. The van der Waals surface area contributed by atoms with Gasteiger partial charge in [0, 0.05) is 18.2 Å². The highest BCUT2D eigenvalue weighted by molar-refractivity contribution is 5.94. The Balaban J connectivity index is 2.50. The molecule has 0 aliphatic heterocycles. The predicted molar refractivity (Wildman–Crippen MR) is 82.0 cm³/mol. The van der Waals surface area contributed by atoms with Crippen LogP contribution >= 0.6 is 0 Å². The summed E-state index contributed by atoms with van der Waals surface area (Å²) in [5.74, 6) is 1.14. The molecule has 1 aromatic rings. The summed E-state index contributed by atoms with van der Waals surface area (Å²) in [5.41, 5.74) is 6.72. The van der Waals surface area contributed by atoms with E-state index in [2.05, 4.69) is 19.2 Å². The van der Waals surface area contributed by atoms with Gasteiger partial charge in [-0.05, 0) is 37.1 Å². The molecular weight excluding hydrogens is 252 g/mol. The Morgan fingerprint density at radius 2 is 1.80 bits per heavy atom. The Hall–Kier alpha value is -1.55. The van der Waals surface area contributed by atoms with Crippen molar-refractivity contribution in [2.45, 2.75) is 39.7 Å². The molecule has 1 rings (SSSR count). The standard InChI is InChI=1S/C16H26N2O2/c1-4-12(5-2)15(17)11-18-16(19)13-7-9-14(10-8-13)20-6-3/h7-10,12,15H,4-6,11,17H2,1-3H3,(H,18,19). The number of carbonyl (C=O) groups is 1. The molecule has 0 fully saturated rings. The summed E-state index contributed by atoms with van der Waals surface area (Å²) >= 11 is 0. The number of amides is 1. The van der Waals surface area contributed by atoms with Crippen molar-refractivity contribution in [3.8, 4) is 5.75 Å². The molecule has 0 aliphatic carbocycles. The first-order valence-corrected chi connectivity index (χ1v) is 7.38. The molecule has 0 spiro atoms. The average Bonchev–Trinajstić information content (AvgIpc) is 2.47. The lowest BCUT2D eigenvalue weighted by Gasteiger charge is -2.21. The van der Waals surface area contributed by atoms with Gasteiger partial charge in [-0.2, -0.15) is 0 Å². The molecule has 0 saturated carbocycles. The highest BCUT2D eigenvalue weighted by Gasteiger charge is 2.15. The smallest absolute Gasteiger partial charge is 0.251 e. The fraction of sp³-hybridized carbons (Fsp3) is 0.562. The van der Waals surface area contributed by atoms with Crippen molar-refractivity contribution >= 4 is 5.91 Å². The molecule has 0 bridgehead atoms. The monoisotopic (exact) mass is 278 g/mol. The molecule has 1 atom stereocenters. The van der Waals surface area contributed by atoms with Crippen LogP contribution in [0.5, 0.6) is 5.75 Å². The van der Waals surface area contributed by atoms with Gasteiger partial charge in [0.15, 0.2) is 0 Å². The van der Waals surface area contributed by atoms with Gasteiger partial charge in [-0.25, -0.2) is 0 Å². The van der Waals surface area contributed by atoms with Crippen molar-refractivity contribution in [1.82, 2.24) is 5.32 Å². The Morgan fingerprint density at radius 1 is 1.20 bits per heavy atom. The highest BCUT2D eigenvalue weighted by Crippen LogP contribution is 2.13. The SMILES string of the molecule is CCOc1ccc(C(=O)NCC(N)C(CC)CC)cc1. The summed E-state index contributed by atoms with van der Waals surface area (Å²) in [7, 11) is 0. The maximum atomic E-state index is 12.0. The van der Waals surface area contributed by atoms with Gasteiger partial charge in [0.2, 0.25) is 0 Å². The second kappa shape index (κ2) is 8.59. The number of hydrogen-bond donors (Lipinski definition) is 2. The maximum absolute atomic E-state index is 12.0. The van der Waals surface area contributed by atoms with Crippen molar-refractivity contribution in [2.75, 3.05) is 13.2 Å². The number of rotatable bonds is 8. The predicted octanol–water partition coefficient (Wildman–Crippen LogP) is 2.58. The van der Waals surface area contributed by atoms with Crippen LogP contribution in [0.4, 0.5) is 0 Å². The summed E-state index contributed by atoms with van der Waals surface area (Å²) in [6, 6.07) is 7.15. The van der Waals surface area contributed by atoms with E-state index in [9.17, 15) is 4.79 Å². The van der Waals surface area contributed by atoms with Gasteiger partial charge >= 0.3 is 0 Å². The second-order valence-corrected chi connectivity index (χ2v) is 4.91. The zero-order chi connectivity index (χ0) is 15.0. The molecule has 0 radical (unpaired) electrons. The van der Waals surface area contributed by atoms with E-state index in [4.69, 9.17) is 10.5 Å². The van der Waals surface area contributed by atoms with Crippen LogP contribution < -0.4 is 15.8 Å². The van der Waals surface area contributed by atoms with E-state index in [1.807, 2.05) is 6.92 Å². The summed E-state index contributed by atoms with van der Waals surface area (Å²) in [6.45, 7) is 7.32.